The lowest BCUT2D eigenvalue weighted by Gasteiger charge is -2.37. The van der Waals surface area contributed by atoms with Gasteiger partial charge in [-0.3, -0.25) is 9.69 Å². The molecule has 2 aliphatic heterocycles. The van der Waals surface area contributed by atoms with Crippen LogP contribution in [0.1, 0.15) is 22.5 Å². The number of carbonyl (C=O) groups excluding carboxylic acids is 1. The van der Waals surface area contributed by atoms with Gasteiger partial charge in [0.05, 0.1) is 42.2 Å². The van der Waals surface area contributed by atoms with E-state index in [-0.39, 0.29) is 11.9 Å². The molecule has 0 saturated carbocycles. The molecular weight excluding hydrogens is 408 g/mol. The molecule has 3 aromatic rings. The Kier molecular flexibility index (Phi) is 6.16. The van der Waals surface area contributed by atoms with Crippen LogP contribution in [0.25, 0.3) is 22.4 Å². The standard InChI is InChI=1S/C24H28N4O4/c1-16-22-19(13-20(26-24(22)32-27-16)17-5-3-2-4-6-17)23(29)25-14-21(18-7-10-31-15-18)28-8-11-30-12-9-28/h2-6,13,18,21H,7-12,14-15H2,1H3,(H,25,29). The lowest BCUT2D eigenvalue weighted by atomic mass is 9.96. The first-order valence-corrected chi connectivity index (χ1v) is 11.2. The van der Waals surface area contributed by atoms with Gasteiger partial charge in [0.25, 0.3) is 11.6 Å². The highest BCUT2D eigenvalue weighted by molar-refractivity contribution is 6.07. The Morgan fingerprint density at radius 1 is 1.19 bits per heavy atom. The van der Waals surface area contributed by atoms with Crippen LogP contribution < -0.4 is 5.32 Å². The molecule has 2 aliphatic rings. The second-order valence-electron chi connectivity index (χ2n) is 8.42. The first-order valence-electron chi connectivity index (χ1n) is 11.2. The van der Waals surface area contributed by atoms with Gasteiger partial charge in [-0.2, -0.15) is 0 Å². The van der Waals surface area contributed by atoms with Crippen molar-refractivity contribution in [3.8, 4) is 11.3 Å². The average molecular weight is 437 g/mol. The molecule has 2 fully saturated rings. The van der Waals surface area contributed by atoms with Crippen LogP contribution in [0.15, 0.2) is 40.9 Å². The summed E-state index contributed by atoms with van der Waals surface area (Å²) in [5, 5.41) is 7.90. The number of aromatic nitrogens is 2. The summed E-state index contributed by atoms with van der Waals surface area (Å²) in [6, 6.07) is 11.8. The summed E-state index contributed by atoms with van der Waals surface area (Å²) >= 11 is 0. The fraction of sp³-hybridized carbons (Fsp3) is 0.458. The number of aryl methyl sites for hydroxylation is 1. The van der Waals surface area contributed by atoms with Crippen molar-refractivity contribution in [2.75, 3.05) is 46.1 Å². The molecular formula is C24H28N4O4. The van der Waals surface area contributed by atoms with Gasteiger partial charge in [0, 0.05) is 43.8 Å². The molecule has 0 bridgehead atoms. The molecule has 8 nitrogen and oxygen atoms in total. The molecule has 168 valence electrons. The van der Waals surface area contributed by atoms with Crippen LogP contribution in [0.2, 0.25) is 0 Å². The van der Waals surface area contributed by atoms with Crippen LogP contribution in [-0.4, -0.2) is 73.1 Å². The van der Waals surface area contributed by atoms with Crippen LogP contribution in [0.4, 0.5) is 0 Å². The van der Waals surface area contributed by atoms with E-state index in [1.807, 2.05) is 43.3 Å². The zero-order valence-electron chi connectivity index (χ0n) is 18.3. The minimum absolute atomic E-state index is 0.141. The first-order chi connectivity index (χ1) is 15.7. The Bertz CT molecular complexity index is 1070. The highest BCUT2D eigenvalue weighted by atomic mass is 16.5. The lowest BCUT2D eigenvalue weighted by molar-refractivity contribution is 0.00167. The monoisotopic (exact) mass is 436 g/mol. The minimum atomic E-state index is -0.141. The maximum absolute atomic E-state index is 13.4. The van der Waals surface area contributed by atoms with E-state index >= 15 is 0 Å². The number of nitrogens with zero attached hydrogens (tertiary/aromatic N) is 3. The van der Waals surface area contributed by atoms with Crippen molar-refractivity contribution in [1.82, 2.24) is 20.4 Å². The van der Waals surface area contributed by atoms with E-state index in [4.69, 9.17) is 14.0 Å². The number of ether oxygens (including phenoxy) is 2. The van der Waals surface area contributed by atoms with Crippen molar-refractivity contribution in [3.05, 3.63) is 47.7 Å². The van der Waals surface area contributed by atoms with Crippen LogP contribution in [-0.2, 0) is 9.47 Å². The molecule has 2 atom stereocenters. The van der Waals surface area contributed by atoms with Gasteiger partial charge >= 0.3 is 0 Å². The van der Waals surface area contributed by atoms with Crippen molar-refractivity contribution in [3.63, 3.8) is 0 Å². The van der Waals surface area contributed by atoms with Gasteiger partial charge in [-0.25, -0.2) is 4.98 Å². The van der Waals surface area contributed by atoms with Crippen LogP contribution >= 0.6 is 0 Å². The number of morpholine rings is 1. The van der Waals surface area contributed by atoms with Gasteiger partial charge < -0.3 is 19.3 Å². The van der Waals surface area contributed by atoms with Gasteiger partial charge in [-0.15, -0.1) is 0 Å². The number of fused-ring (bicyclic) bond motifs is 1. The van der Waals surface area contributed by atoms with Crippen molar-refractivity contribution in [2.45, 2.75) is 19.4 Å². The minimum Gasteiger partial charge on any atom is -0.381 e. The van der Waals surface area contributed by atoms with E-state index < -0.39 is 0 Å². The second-order valence-corrected chi connectivity index (χ2v) is 8.42. The number of hydrogen-bond donors (Lipinski definition) is 1. The van der Waals surface area contributed by atoms with E-state index in [9.17, 15) is 4.79 Å². The predicted molar refractivity (Wildman–Crippen MR) is 119 cm³/mol. The molecule has 32 heavy (non-hydrogen) atoms. The quantitative estimate of drug-likeness (QED) is 0.635. The molecule has 0 radical (unpaired) electrons. The molecule has 5 rings (SSSR count). The summed E-state index contributed by atoms with van der Waals surface area (Å²) in [4.78, 5) is 20.4. The van der Waals surface area contributed by atoms with E-state index in [1.165, 1.54) is 0 Å². The van der Waals surface area contributed by atoms with Gasteiger partial charge in [-0.05, 0) is 19.4 Å². The Hall–Kier alpha value is -2.81. The SMILES string of the molecule is Cc1noc2nc(-c3ccccc3)cc(C(=O)NCC(C3CCOC3)N3CCOCC3)c12. The maximum atomic E-state index is 13.4. The number of rotatable bonds is 6. The van der Waals surface area contributed by atoms with E-state index in [1.54, 1.807) is 0 Å². The van der Waals surface area contributed by atoms with Crippen LogP contribution in [0.3, 0.4) is 0 Å². The third kappa shape index (κ3) is 4.26. The summed E-state index contributed by atoms with van der Waals surface area (Å²) in [5.41, 5.74) is 3.19. The molecule has 1 amide bonds. The van der Waals surface area contributed by atoms with Gasteiger partial charge in [0.15, 0.2) is 0 Å². The van der Waals surface area contributed by atoms with Crippen molar-refractivity contribution < 1.29 is 18.8 Å². The number of nitrogens with one attached hydrogen (secondary N) is 1. The fourth-order valence-electron chi connectivity index (χ4n) is 4.68. The largest absolute Gasteiger partial charge is 0.381 e. The molecule has 4 heterocycles. The van der Waals surface area contributed by atoms with E-state index in [0.717, 1.165) is 51.5 Å². The molecule has 1 N–H and O–H groups in total. The van der Waals surface area contributed by atoms with Gasteiger partial charge in [0.2, 0.25) is 0 Å². The number of benzene rings is 1. The fourth-order valence-corrected chi connectivity index (χ4v) is 4.68. The summed E-state index contributed by atoms with van der Waals surface area (Å²) in [6.45, 7) is 7.11. The third-order valence-electron chi connectivity index (χ3n) is 6.43. The molecule has 2 saturated heterocycles. The summed E-state index contributed by atoms with van der Waals surface area (Å²) in [7, 11) is 0. The molecule has 2 unspecified atom stereocenters. The Balaban J connectivity index is 1.41. The topological polar surface area (TPSA) is 89.7 Å². The zero-order chi connectivity index (χ0) is 21.9. The normalized spacial score (nSPS) is 20.5. The smallest absolute Gasteiger partial charge is 0.259 e. The lowest BCUT2D eigenvalue weighted by Crippen LogP contribution is -2.52. The molecule has 8 heteroatoms. The molecule has 2 aromatic heterocycles. The molecule has 1 aromatic carbocycles. The van der Waals surface area contributed by atoms with Crippen molar-refractivity contribution >= 4 is 17.0 Å². The van der Waals surface area contributed by atoms with Crippen LogP contribution in [0, 0.1) is 12.8 Å². The maximum Gasteiger partial charge on any atom is 0.259 e. The number of amides is 1. The highest BCUT2D eigenvalue weighted by Crippen LogP contribution is 2.27. The van der Waals surface area contributed by atoms with Gasteiger partial charge in [-0.1, -0.05) is 35.5 Å². The summed E-state index contributed by atoms with van der Waals surface area (Å²) in [6.07, 6.45) is 1.01. The molecule has 0 aliphatic carbocycles. The van der Waals surface area contributed by atoms with Crippen molar-refractivity contribution in [1.29, 1.82) is 0 Å². The number of pyridine rings is 1. The Labute approximate surface area is 186 Å². The summed E-state index contributed by atoms with van der Waals surface area (Å²) < 4.78 is 16.6. The third-order valence-corrected chi connectivity index (χ3v) is 6.43. The predicted octanol–water partition coefficient (Wildman–Crippen LogP) is 2.67. The zero-order valence-corrected chi connectivity index (χ0v) is 18.3. The van der Waals surface area contributed by atoms with Crippen LogP contribution in [0.5, 0.6) is 0 Å². The van der Waals surface area contributed by atoms with Crippen molar-refractivity contribution in [2.24, 2.45) is 5.92 Å². The van der Waals surface area contributed by atoms with Gasteiger partial charge in [0.1, 0.15) is 0 Å². The number of hydrogen-bond acceptors (Lipinski definition) is 7. The average Bonchev–Trinajstić information content (AvgIpc) is 3.50. The summed E-state index contributed by atoms with van der Waals surface area (Å²) in [5.74, 6) is 0.265. The Morgan fingerprint density at radius 2 is 2.00 bits per heavy atom. The van der Waals surface area contributed by atoms with E-state index in [2.05, 4.69) is 20.4 Å². The Morgan fingerprint density at radius 3 is 2.75 bits per heavy atom. The highest BCUT2D eigenvalue weighted by Gasteiger charge is 2.32. The van der Waals surface area contributed by atoms with E-state index in [0.29, 0.717) is 40.5 Å². The first kappa shape index (κ1) is 21.1. The second kappa shape index (κ2) is 9.36. The molecule has 0 spiro atoms. The number of carbonyl (C=O) groups is 1.